The van der Waals surface area contributed by atoms with E-state index in [4.69, 9.17) is 10.3 Å². The largest absolute Gasteiger partial charge is 0.339 e. The lowest BCUT2D eigenvalue weighted by atomic mass is 9.76. The summed E-state index contributed by atoms with van der Waals surface area (Å²) >= 11 is 1.66. The maximum absolute atomic E-state index is 5.73. The Kier molecular flexibility index (Phi) is 5.17. The second-order valence-electron chi connectivity index (χ2n) is 6.66. The van der Waals surface area contributed by atoms with Crippen LogP contribution in [-0.4, -0.2) is 16.7 Å². The highest BCUT2D eigenvalue weighted by Crippen LogP contribution is 2.32. The number of aromatic nitrogens is 2. The molecule has 2 aromatic rings. The molecule has 0 fully saturated rings. The Hall–Kier alpha value is -1.20. The zero-order valence-corrected chi connectivity index (χ0v) is 14.2. The van der Waals surface area contributed by atoms with Crippen molar-refractivity contribution in [2.75, 3.05) is 6.54 Å². The summed E-state index contributed by atoms with van der Waals surface area (Å²) in [6.45, 7) is 9.59. The molecule has 5 heteroatoms. The van der Waals surface area contributed by atoms with E-state index in [0.717, 1.165) is 37.3 Å². The molecular weight excluding hydrogens is 282 g/mol. The van der Waals surface area contributed by atoms with Crippen molar-refractivity contribution in [2.45, 2.75) is 47.0 Å². The van der Waals surface area contributed by atoms with Gasteiger partial charge in [-0.05, 0) is 48.6 Å². The molecule has 0 aromatic carbocycles. The fraction of sp³-hybridized carbons (Fsp3) is 0.625. The van der Waals surface area contributed by atoms with Gasteiger partial charge in [-0.15, -0.1) is 0 Å². The third kappa shape index (κ3) is 4.14. The Morgan fingerprint density at radius 2 is 2.05 bits per heavy atom. The maximum Gasteiger partial charge on any atom is 0.226 e. The standard InChI is InChI=1S/C16H25N3OS/c1-11-9-21-10-13(11)15-18-14(20-19-15)6-5-12(7-8-17)16(2,3)4/h9-10,12H,5-8,17H2,1-4H3. The van der Waals surface area contributed by atoms with E-state index in [1.807, 2.05) is 0 Å². The van der Waals surface area contributed by atoms with Crippen LogP contribution in [0.4, 0.5) is 0 Å². The smallest absolute Gasteiger partial charge is 0.226 e. The number of aryl methyl sites for hydroxylation is 2. The van der Waals surface area contributed by atoms with Gasteiger partial charge in [-0.2, -0.15) is 16.3 Å². The third-order valence-electron chi connectivity index (χ3n) is 4.01. The van der Waals surface area contributed by atoms with Crippen molar-refractivity contribution in [1.29, 1.82) is 0 Å². The summed E-state index contributed by atoms with van der Waals surface area (Å²) in [5.41, 5.74) is 8.26. The molecule has 0 aliphatic heterocycles. The van der Waals surface area contributed by atoms with Crippen molar-refractivity contribution < 1.29 is 4.52 Å². The molecule has 0 aliphatic carbocycles. The third-order valence-corrected chi connectivity index (χ3v) is 4.87. The summed E-state index contributed by atoms with van der Waals surface area (Å²) in [6.07, 6.45) is 2.89. The van der Waals surface area contributed by atoms with E-state index in [2.05, 4.69) is 48.6 Å². The summed E-state index contributed by atoms with van der Waals surface area (Å²) in [7, 11) is 0. The minimum atomic E-state index is 0.256. The topological polar surface area (TPSA) is 64.9 Å². The van der Waals surface area contributed by atoms with Gasteiger partial charge in [-0.1, -0.05) is 25.9 Å². The van der Waals surface area contributed by atoms with Gasteiger partial charge in [0.25, 0.3) is 0 Å². The average Bonchev–Trinajstić information content (AvgIpc) is 3.01. The van der Waals surface area contributed by atoms with Crippen molar-refractivity contribution in [1.82, 2.24) is 10.1 Å². The minimum Gasteiger partial charge on any atom is -0.339 e. The molecule has 116 valence electrons. The molecular formula is C16H25N3OS. The van der Waals surface area contributed by atoms with E-state index < -0.39 is 0 Å². The molecule has 0 saturated carbocycles. The van der Waals surface area contributed by atoms with Gasteiger partial charge in [0, 0.05) is 17.4 Å². The highest BCUT2D eigenvalue weighted by Gasteiger charge is 2.24. The van der Waals surface area contributed by atoms with Gasteiger partial charge >= 0.3 is 0 Å². The lowest BCUT2D eigenvalue weighted by Crippen LogP contribution is -2.24. The number of nitrogens with two attached hydrogens (primary N) is 1. The molecule has 0 spiro atoms. The molecule has 2 N–H and O–H groups in total. The highest BCUT2D eigenvalue weighted by molar-refractivity contribution is 7.08. The van der Waals surface area contributed by atoms with Crippen LogP contribution in [0.2, 0.25) is 0 Å². The van der Waals surface area contributed by atoms with Gasteiger partial charge in [0.1, 0.15) is 0 Å². The van der Waals surface area contributed by atoms with Crippen LogP contribution in [0.25, 0.3) is 11.4 Å². The second-order valence-corrected chi connectivity index (χ2v) is 7.40. The Balaban J connectivity index is 2.01. The van der Waals surface area contributed by atoms with Crippen molar-refractivity contribution in [2.24, 2.45) is 17.1 Å². The molecule has 4 nitrogen and oxygen atoms in total. The average molecular weight is 307 g/mol. The quantitative estimate of drug-likeness (QED) is 0.874. The Bertz CT molecular complexity index is 568. The Labute approximate surface area is 130 Å². The summed E-state index contributed by atoms with van der Waals surface area (Å²) < 4.78 is 5.40. The van der Waals surface area contributed by atoms with Crippen molar-refractivity contribution in [3.05, 3.63) is 22.2 Å². The van der Waals surface area contributed by atoms with E-state index in [1.54, 1.807) is 11.3 Å². The second kappa shape index (κ2) is 6.71. The van der Waals surface area contributed by atoms with E-state index in [1.165, 1.54) is 5.56 Å². The zero-order valence-electron chi connectivity index (χ0n) is 13.3. The van der Waals surface area contributed by atoms with Crippen LogP contribution in [0.3, 0.4) is 0 Å². The van der Waals surface area contributed by atoms with Crippen LogP contribution >= 0.6 is 11.3 Å². The van der Waals surface area contributed by atoms with Crippen molar-refractivity contribution in [3.63, 3.8) is 0 Å². The van der Waals surface area contributed by atoms with Crippen molar-refractivity contribution in [3.8, 4) is 11.4 Å². The summed E-state index contributed by atoms with van der Waals surface area (Å²) in [4.78, 5) is 4.53. The fourth-order valence-electron chi connectivity index (χ4n) is 2.56. The molecule has 2 aromatic heterocycles. The van der Waals surface area contributed by atoms with Crippen LogP contribution in [0.15, 0.2) is 15.3 Å². The number of thiophene rings is 1. The SMILES string of the molecule is Cc1cscc1-c1noc(CCC(CCN)C(C)(C)C)n1. The number of rotatable bonds is 6. The molecule has 2 rings (SSSR count). The molecule has 2 heterocycles. The normalized spacial score (nSPS) is 13.6. The first-order valence-electron chi connectivity index (χ1n) is 7.47. The van der Waals surface area contributed by atoms with E-state index in [9.17, 15) is 0 Å². The lowest BCUT2D eigenvalue weighted by Gasteiger charge is -2.30. The lowest BCUT2D eigenvalue weighted by molar-refractivity contribution is 0.208. The number of hydrogen-bond donors (Lipinski definition) is 1. The zero-order chi connectivity index (χ0) is 15.5. The molecule has 21 heavy (non-hydrogen) atoms. The molecule has 0 radical (unpaired) electrons. The number of hydrogen-bond acceptors (Lipinski definition) is 5. The molecule has 0 bridgehead atoms. The monoisotopic (exact) mass is 307 g/mol. The summed E-state index contributed by atoms with van der Waals surface area (Å²) in [6, 6.07) is 0. The van der Waals surface area contributed by atoms with Gasteiger partial charge in [0.05, 0.1) is 0 Å². The first-order chi connectivity index (χ1) is 9.91. The van der Waals surface area contributed by atoms with Crippen molar-refractivity contribution >= 4 is 11.3 Å². The fourth-order valence-corrected chi connectivity index (χ4v) is 3.39. The van der Waals surface area contributed by atoms with Gasteiger partial charge in [0.2, 0.25) is 11.7 Å². The molecule has 0 amide bonds. The van der Waals surface area contributed by atoms with E-state index in [-0.39, 0.29) is 5.41 Å². The molecule has 0 aliphatic rings. The van der Waals surface area contributed by atoms with Crippen LogP contribution < -0.4 is 5.73 Å². The summed E-state index contributed by atoms with van der Waals surface area (Å²) in [5.74, 6) is 2.00. The first-order valence-corrected chi connectivity index (χ1v) is 8.42. The number of nitrogens with zero attached hydrogens (tertiary/aromatic N) is 2. The predicted octanol–water partition coefficient (Wildman–Crippen LogP) is 4.05. The van der Waals surface area contributed by atoms with Crippen LogP contribution in [0, 0.1) is 18.3 Å². The minimum absolute atomic E-state index is 0.256. The van der Waals surface area contributed by atoms with Gasteiger partial charge in [-0.25, -0.2) is 0 Å². The van der Waals surface area contributed by atoms with E-state index in [0.29, 0.717) is 11.7 Å². The van der Waals surface area contributed by atoms with Gasteiger partial charge in [-0.3, -0.25) is 0 Å². The first kappa shape index (κ1) is 16.2. The predicted molar refractivity (Wildman–Crippen MR) is 87.3 cm³/mol. The Morgan fingerprint density at radius 1 is 1.29 bits per heavy atom. The van der Waals surface area contributed by atoms with Crippen LogP contribution in [0.5, 0.6) is 0 Å². The van der Waals surface area contributed by atoms with E-state index >= 15 is 0 Å². The van der Waals surface area contributed by atoms with Gasteiger partial charge in [0.15, 0.2) is 0 Å². The Morgan fingerprint density at radius 3 is 2.62 bits per heavy atom. The molecule has 1 atom stereocenters. The summed E-state index contributed by atoms with van der Waals surface area (Å²) in [5, 5.41) is 8.27. The maximum atomic E-state index is 5.73. The van der Waals surface area contributed by atoms with Crippen LogP contribution in [0.1, 0.15) is 45.1 Å². The molecule has 0 saturated heterocycles. The van der Waals surface area contributed by atoms with Gasteiger partial charge < -0.3 is 10.3 Å². The van der Waals surface area contributed by atoms with Crippen LogP contribution in [-0.2, 0) is 6.42 Å². The highest BCUT2D eigenvalue weighted by atomic mass is 32.1. The molecule has 1 unspecified atom stereocenters.